The number of piperidine rings is 1. The van der Waals surface area contributed by atoms with E-state index in [0.717, 1.165) is 25.9 Å². The molecule has 0 radical (unpaired) electrons. The van der Waals surface area contributed by atoms with Gasteiger partial charge in [0.25, 0.3) is 0 Å². The van der Waals surface area contributed by atoms with E-state index in [2.05, 4.69) is 10.1 Å². The number of nitrogens with one attached hydrogen (secondary N) is 1. The van der Waals surface area contributed by atoms with Crippen molar-refractivity contribution in [1.82, 2.24) is 4.90 Å². The number of carbonyl (C=O) groups excluding carboxylic acids is 1. The molecule has 0 aromatic heterocycles. The van der Waals surface area contributed by atoms with Crippen molar-refractivity contribution >= 4 is 11.6 Å². The van der Waals surface area contributed by atoms with Crippen LogP contribution in [0.25, 0.3) is 0 Å². The number of para-hydroxylation sites is 2. The van der Waals surface area contributed by atoms with E-state index in [1.807, 2.05) is 4.90 Å². The van der Waals surface area contributed by atoms with Crippen LogP contribution >= 0.6 is 0 Å². The summed E-state index contributed by atoms with van der Waals surface area (Å²) in [5.41, 5.74) is 0.233. The highest BCUT2D eigenvalue weighted by atomic mass is 19.3. The third kappa shape index (κ3) is 5.44. The van der Waals surface area contributed by atoms with E-state index in [0.29, 0.717) is 0 Å². The molecule has 0 aliphatic carbocycles. The molecule has 1 aliphatic rings. The Kier molecular flexibility index (Phi) is 6.29. The molecule has 5 nitrogen and oxygen atoms in total. The highest BCUT2D eigenvalue weighted by molar-refractivity contribution is 5.93. The molecule has 0 spiro atoms. The summed E-state index contributed by atoms with van der Waals surface area (Å²) in [6.07, 6.45) is 1.36. The van der Waals surface area contributed by atoms with Crippen molar-refractivity contribution in [2.45, 2.75) is 32.5 Å². The number of ether oxygens (including phenoxy) is 1. The van der Waals surface area contributed by atoms with E-state index in [9.17, 15) is 18.7 Å². The van der Waals surface area contributed by atoms with E-state index in [1.165, 1.54) is 12.1 Å². The zero-order chi connectivity index (χ0) is 16.8. The molecule has 1 fully saturated rings. The average molecular weight is 328 g/mol. The molecule has 1 aromatic carbocycles. The van der Waals surface area contributed by atoms with Gasteiger partial charge in [-0.25, -0.2) is 0 Å². The van der Waals surface area contributed by atoms with Crippen molar-refractivity contribution in [2.24, 2.45) is 5.92 Å². The molecule has 1 aliphatic heterocycles. The van der Waals surface area contributed by atoms with Crippen molar-refractivity contribution in [3.05, 3.63) is 24.3 Å². The van der Waals surface area contributed by atoms with Gasteiger partial charge in [-0.3, -0.25) is 9.69 Å². The maximum Gasteiger partial charge on any atom is 0.387 e. The Morgan fingerprint density at radius 3 is 2.65 bits per heavy atom. The maximum atomic E-state index is 12.3. The SMILES string of the molecule is CC(O)C1CCN(CC(=O)Nc2ccccc2OC(F)F)CC1. The van der Waals surface area contributed by atoms with Gasteiger partial charge in [0, 0.05) is 0 Å². The van der Waals surface area contributed by atoms with Gasteiger partial charge in [0.05, 0.1) is 18.3 Å². The molecule has 128 valence electrons. The maximum absolute atomic E-state index is 12.3. The van der Waals surface area contributed by atoms with Gasteiger partial charge >= 0.3 is 6.61 Å². The van der Waals surface area contributed by atoms with Crippen LogP contribution in [0.2, 0.25) is 0 Å². The van der Waals surface area contributed by atoms with Gasteiger partial charge in [0.15, 0.2) is 0 Å². The molecule has 1 atom stereocenters. The quantitative estimate of drug-likeness (QED) is 0.841. The highest BCUT2D eigenvalue weighted by Gasteiger charge is 2.24. The monoisotopic (exact) mass is 328 g/mol. The third-order valence-electron chi connectivity index (χ3n) is 4.06. The summed E-state index contributed by atoms with van der Waals surface area (Å²) in [6, 6.07) is 6.11. The summed E-state index contributed by atoms with van der Waals surface area (Å²) in [5, 5.41) is 12.2. The first kappa shape index (κ1) is 17.6. The summed E-state index contributed by atoms with van der Waals surface area (Å²) in [7, 11) is 0. The van der Waals surface area contributed by atoms with Gasteiger partial charge in [0.1, 0.15) is 5.75 Å². The van der Waals surface area contributed by atoms with Crippen molar-refractivity contribution < 1.29 is 23.4 Å². The summed E-state index contributed by atoms with van der Waals surface area (Å²) in [5.74, 6) is -0.0519. The minimum Gasteiger partial charge on any atom is -0.433 e. The Morgan fingerprint density at radius 2 is 2.04 bits per heavy atom. The van der Waals surface area contributed by atoms with Gasteiger partial charge in [-0.1, -0.05) is 12.1 Å². The summed E-state index contributed by atoms with van der Waals surface area (Å²) < 4.78 is 29.1. The molecular formula is C16H22F2N2O3. The fraction of sp³-hybridized carbons (Fsp3) is 0.562. The van der Waals surface area contributed by atoms with Crippen molar-refractivity contribution in [1.29, 1.82) is 0 Å². The first-order chi connectivity index (χ1) is 11.0. The van der Waals surface area contributed by atoms with E-state index >= 15 is 0 Å². The molecule has 1 heterocycles. The average Bonchev–Trinajstić information content (AvgIpc) is 2.49. The van der Waals surface area contributed by atoms with Gasteiger partial charge in [-0.15, -0.1) is 0 Å². The van der Waals surface area contributed by atoms with Crippen molar-refractivity contribution in [2.75, 3.05) is 25.0 Å². The smallest absolute Gasteiger partial charge is 0.387 e. The number of benzene rings is 1. The lowest BCUT2D eigenvalue weighted by molar-refractivity contribution is -0.117. The number of aliphatic hydroxyl groups is 1. The minimum absolute atomic E-state index is 0.0522. The Bertz CT molecular complexity index is 518. The van der Waals surface area contributed by atoms with Crippen LogP contribution in [-0.2, 0) is 4.79 Å². The lowest BCUT2D eigenvalue weighted by atomic mass is 9.92. The van der Waals surface area contributed by atoms with Gasteiger partial charge < -0.3 is 15.2 Å². The van der Waals surface area contributed by atoms with Crippen LogP contribution in [0.5, 0.6) is 5.75 Å². The van der Waals surface area contributed by atoms with Crippen LogP contribution in [0.3, 0.4) is 0 Å². The largest absolute Gasteiger partial charge is 0.433 e. The van der Waals surface area contributed by atoms with Crippen LogP contribution in [0.4, 0.5) is 14.5 Å². The van der Waals surface area contributed by atoms with Crippen LogP contribution in [0.15, 0.2) is 24.3 Å². The number of alkyl halides is 2. The molecule has 23 heavy (non-hydrogen) atoms. The minimum atomic E-state index is -2.94. The Morgan fingerprint density at radius 1 is 1.39 bits per heavy atom. The molecular weight excluding hydrogens is 306 g/mol. The fourth-order valence-electron chi connectivity index (χ4n) is 2.75. The second-order valence-corrected chi connectivity index (χ2v) is 5.78. The molecule has 0 bridgehead atoms. The van der Waals surface area contributed by atoms with E-state index < -0.39 is 6.61 Å². The number of amides is 1. The molecule has 7 heteroatoms. The topological polar surface area (TPSA) is 61.8 Å². The van der Waals surface area contributed by atoms with Gasteiger partial charge in [-0.2, -0.15) is 8.78 Å². The molecule has 0 saturated carbocycles. The predicted molar refractivity (Wildman–Crippen MR) is 82.5 cm³/mol. The third-order valence-corrected chi connectivity index (χ3v) is 4.06. The Balaban J connectivity index is 1.86. The molecule has 1 saturated heterocycles. The molecule has 1 amide bonds. The zero-order valence-electron chi connectivity index (χ0n) is 13.0. The standard InChI is InChI=1S/C16H22F2N2O3/c1-11(21)12-6-8-20(9-7-12)10-15(22)19-13-4-2-3-5-14(13)23-16(17)18/h2-5,11-12,16,21H,6-10H2,1H3,(H,19,22). The van der Waals surface area contributed by atoms with Crippen molar-refractivity contribution in [3.8, 4) is 5.75 Å². The Labute approximate surface area is 134 Å². The first-order valence-corrected chi connectivity index (χ1v) is 7.70. The second-order valence-electron chi connectivity index (χ2n) is 5.78. The Hall–Kier alpha value is -1.73. The summed E-state index contributed by atoms with van der Waals surface area (Å²) >= 11 is 0. The number of hydrogen-bond donors (Lipinski definition) is 2. The number of rotatable bonds is 6. The van der Waals surface area contributed by atoms with Crippen LogP contribution in [0.1, 0.15) is 19.8 Å². The number of halogens is 2. The highest BCUT2D eigenvalue weighted by Crippen LogP contribution is 2.25. The molecule has 2 N–H and O–H groups in total. The molecule has 2 rings (SSSR count). The molecule has 1 unspecified atom stereocenters. The predicted octanol–water partition coefficient (Wildman–Crippen LogP) is 2.32. The zero-order valence-corrected chi connectivity index (χ0v) is 13.0. The lowest BCUT2D eigenvalue weighted by Gasteiger charge is -2.32. The van der Waals surface area contributed by atoms with Crippen LogP contribution < -0.4 is 10.1 Å². The second kappa shape index (κ2) is 8.21. The van der Waals surface area contributed by atoms with E-state index in [1.54, 1.807) is 19.1 Å². The van der Waals surface area contributed by atoms with Crippen LogP contribution in [0, 0.1) is 5.92 Å². The summed E-state index contributed by atoms with van der Waals surface area (Å²) in [6.45, 7) is 0.506. The van der Waals surface area contributed by atoms with Gasteiger partial charge in [-0.05, 0) is 50.9 Å². The van der Waals surface area contributed by atoms with Gasteiger partial charge in [0.2, 0.25) is 5.91 Å². The molecule has 1 aromatic rings. The van der Waals surface area contributed by atoms with Crippen molar-refractivity contribution in [3.63, 3.8) is 0 Å². The lowest BCUT2D eigenvalue weighted by Crippen LogP contribution is -2.41. The van der Waals surface area contributed by atoms with Crippen LogP contribution in [-0.4, -0.2) is 48.3 Å². The number of hydrogen-bond acceptors (Lipinski definition) is 4. The number of carbonyl (C=O) groups is 1. The number of aliphatic hydroxyl groups excluding tert-OH is 1. The number of anilines is 1. The van der Waals surface area contributed by atoms with E-state index in [4.69, 9.17) is 0 Å². The summed E-state index contributed by atoms with van der Waals surface area (Å²) in [4.78, 5) is 14.1. The van der Waals surface area contributed by atoms with E-state index in [-0.39, 0.29) is 35.9 Å². The number of nitrogens with zero attached hydrogens (tertiary/aromatic N) is 1. The number of likely N-dealkylation sites (tertiary alicyclic amines) is 1. The first-order valence-electron chi connectivity index (χ1n) is 7.70. The normalized spacial score (nSPS) is 18.0. The fourth-order valence-corrected chi connectivity index (χ4v) is 2.75.